The summed E-state index contributed by atoms with van der Waals surface area (Å²) in [4.78, 5) is 42.1. The van der Waals surface area contributed by atoms with Crippen molar-refractivity contribution in [3.05, 3.63) is 75.1 Å². The number of aromatic nitrogens is 3. The third-order valence-corrected chi connectivity index (χ3v) is 4.38. The monoisotopic (exact) mass is 382 g/mol. The summed E-state index contributed by atoms with van der Waals surface area (Å²) in [5.74, 6) is -0.336. The van der Waals surface area contributed by atoms with Crippen LogP contribution >= 0.6 is 0 Å². The number of carbonyl (C=O) groups is 1. The number of hydrogen-bond donors (Lipinski definition) is 1. The maximum atomic E-state index is 13.0. The molecule has 0 aliphatic rings. The van der Waals surface area contributed by atoms with Crippen LogP contribution in [0, 0.1) is 0 Å². The standard InChI is InChI=1S/C20H22N4O4/c1-28-13-11-21-17(25)14-24-16-8-5-10-22-18(16)19(26)23(20(24)27)12-9-15-6-3-2-4-7-15/h2-8,10H,9,11-14H2,1H3,(H,21,25). The van der Waals surface area contributed by atoms with Crippen LogP contribution in [-0.4, -0.2) is 40.3 Å². The van der Waals surface area contributed by atoms with Crippen LogP contribution in [0.15, 0.2) is 58.3 Å². The van der Waals surface area contributed by atoms with E-state index in [0.29, 0.717) is 25.1 Å². The number of benzene rings is 1. The Morgan fingerprint density at radius 1 is 1.11 bits per heavy atom. The summed E-state index contributed by atoms with van der Waals surface area (Å²) < 4.78 is 7.34. The molecule has 0 bridgehead atoms. The Morgan fingerprint density at radius 2 is 1.89 bits per heavy atom. The minimum absolute atomic E-state index is 0.167. The van der Waals surface area contributed by atoms with Gasteiger partial charge >= 0.3 is 5.69 Å². The maximum absolute atomic E-state index is 13.0. The SMILES string of the molecule is COCCNC(=O)Cn1c(=O)n(CCc2ccccc2)c(=O)c2ncccc21. The van der Waals surface area contributed by atoms with Gasteiger partial charge in [-0.3, -0.25) is 18.7 Å². The summed E-state index contributed by atoms with van der Waals surface area (Å²) in [7, 11) is 1.54. The van der Waals surface area contributed by atoms with Crippen molar-refractivity contribution in [2.24, 2.45) is 0 Å². The molecule has 1 amide bonds. The normalized spacial score (nSPS) is 10.9. The van der Waals surface area contributed by atoms with Crippen LogP contribution in [0.2, 0.25) is 0 Å². The van der Waals surface area contributed by atoms with E-state index in [2.05, 4.69) is 10.3 Å². The van der Waals surface area contributed by atoms with Gasteiger partial charge in [-0.15, -0.1) is 0 Å². The predicted octanol–water partition coefficient (Wildman–Crippen LogP) is 0.564. The lowest BCUT2D eigenvalue weighted by atomic mass is 10.1. The molecular formula is C20H22N4O4. The first kappa shape index (κ1) is 19.5. The zero-order valence-corrected chi connectivity index (χ0v) is 15.6. The number of nitrogens with one attached hydrogen (secondary N) is 1. The van der Waals surface area contributed by atoms with Gasteiger partial charge in [0.15, 0.2) is 5.52 Å². The van der Waals surface area contributed by atoms with E-state index in [1.165, 1.54) is 10.8 Å². The predicted molar refractivity (Wildman–Crippen MR) is 105 cm³/mol. The molecule has 0 aliphatic heterocycles. The Labute approximate surface area is 161 Å². The van der Waals surface area contributed by atoms with Gasteiger partial charge in [0.2, 0.25) is 5.91 Å². The summed E-state index contributed by atoms with van der Waals surface area (Å²) in [6, 6.07) is 12.8. The molecule has 2 aromatic heterocycles. The second kappa shape index (κ2) is 9.09. The van der Waals surface area contributed by atoms with Crippen LogP contribution in [0.5, 0.6) is 0 Å². The van der Waals surface area contributed by atoms with E-state index in [0.717, 1.165) is 10.1 Å². The Hall–Kier alpha value is -3.26. The van der Waals surface area contributed by atoms with Crippen LogP contribution in [0.3, 0.4) is 0 Å². The van der Waals surface area contributed by atoms with Crippen LogP contribution in [0.4, 0.5) is 0 Å². The number of fused-ring (bicyclic) bond motifs is 1. The summed E-state index contributed by atoms with van der Waals surface area (Å²) in [6.07, 6.45) is 2.02. The summed E-state index contributed by atoms with van der Waals surface area (Å²) >= 11 is 0. The van der Waals surface area contributed by atoms with Gasteiger partial charge in [0, 0.05) is 26.4 Å². The molecule has 0 saturated heterocycles. The molecule has 0 atom stereocenters. The summed E-state index contributed by atoms with van der Waals surface area (Å²) in [6.45, 7) is 0.725. The highest BCUT2D eigenvalue weighted by molar-refractivity contribution is 5.79. The van der Waals surface area contributed by atoms with E-state index >= 15 is 0 Å². The Morgan fingerprint density at radius 3 is 2.64 bits per heavy atom. The summed E-state index contributed by atoms with van der Waals surface area (Å²) in [5, 5.41) is 2.68. The molecule has 0 unspecified atom stereocenters. The van der Waals surface area contributed by atoms with Crippen molar-refractivity contribution in [2.45, 2.75) is 19.5 Å². The van der Waals surface area contributed by atoms with Crippen molar-refractivity contribution in [3.63, 3.8) is 0 Å². The number of nitrogens with zero attached hydrogens (tertiary/aromatic N) is 3. The number of ether oxygens (including phenoxy) is 1. The molecule has 0 aliphatic carbocycles. The molecule has 0 fully saturated rings. The smallest absolute Gasteiger partial charge is 0.332 e. The van der Waals surface area contributed by atoms with Crippen molar-refractivity contribution in [3.8, 4) is 0 Å². The minimum Gasteiger partial charge on any atom is -0.383 e. The van der Waals surface area contributed by atoms with Gasteiger partial charge in [-0.25, -0.2) is 9.78 Å². The molecule has 28 heavy (non-hydrogen) atoms. The lowest BCUT2D eigenvalue weighted by molar-refractivity contribution is -0.121. The highest BCUT2D eigenvalue weighted by Gasteiger charge is 2.16. The van der Waals surface area contributed by atoms with Gasteiger partial charge < -0.3 is 10.1 Å². The van der Waals surface area contributed by atoms with E-state index in [4.69, 9.17) is 4.74 Å². The van der Waals surface area contributed by atoms with Crippen LogP contribution in [0.25, 0.3) is 11.0 Å². The third kappa shape index (κ3) is 4.34. The molecule has 8 heteroatoms. The van der Waals surface area contributed by atoms with E-state index < -0.39 is 11.2 Å². The van der Waals surface area contributed by atoms with E-state index in [1.807, 2.05) is 30.3 Å². The van der Waals surface area contributed by atoms with Crippen molar-refractivity contribution in [2.75, 3.05) is 20.3 Å². The Kier molecular flexibility index (Phi) is 6.33. The molecule has 8 nitrogen and oxygen atoms in total. The molecule has 3 aromatic rings. The number of hydrogen-bond acceptors (Lipinski definition) is 5. The zero-order chi connectivity index (χ0) is 19.9. The first-order valence-corrected chi connectivity index (χ1v) is 8.99. The molecular weight excluding hydrogens is 360 g/mol. The van der Waals surface area contributed by atoms with Crippen LogP contribution in [0.1, 0.15) is 5.56 Å². The minimum atomic E-state index is -0.525. The fourth-order valence-electron chi connectivity index (χ4n) is 2.97. The quantitative estimate of drug-likeness (QED) is 0.575. The van der Waals surface area contributed by atoms with Crippen molar-refractivity contribution in [1.29, 1.82) is 0 Å². The first-order valence-electron chi connectivity index (χ1n) is 8.99. The maximum Gasteiger partial charge on any atom is 0.332 e. The number of methoxy groups -OCH3 is 1. The fraction of sp³-hybridized carbons (Fsp3) is 0.300. The first-order chi connectivity index (χ1) is 13.6. The molecule has 0 spiro atoms. The van der Waals surface area contributed by atoms with Gasteiger partial charge in [-0.1, -0.05) is 30.3 Å². The second-order valence-corrected chi connectivity index (χ2v) is 6.27. The molecule has 0 radical (unpaired) electrons. The number of amides is 1. The Balaban J connectivity index is 1.96. The van der Waals surface area contributed by atoms with Crippen molar-refractivity contribution >= 4 is 16.9 Å². The second-order valence-electron chi connectivity index (χ2n) is 6.27. The molecule has 1 N–H and O–H groups in total. The largest absolute Gasteiger partial charge is 0.383 e. The topological polar surface area (TPSA) is 95.2 Å². The van der Waals surface area contributed by atoms with E-state index in [1.54, 1.807) is 19.2 Å². The zero-order valence-electron chi connectivity index (χ0n) is 15.6. The van der Waals surface area contributed by atoms with Gasteiger partial charge in [0.25, 0.3) is 5.56 Å². The third-order valence-electron chi connectivity index (χ3n) is 4.38. The molecule has 2 heterocycles. The number of carbonyl (C=O) groups excluding carboxylic acids is 1. The Bertz CT molecular complexity index is 1070. The van der Waals surface area contributed by atoms with Gasteiger partial charge in [-0.2, -0.15) is 0 Å². The number of rotatable bonds is 8. The van der Waals surface area contributed by atoms with Crippen LogP contribution < -0.4 is 16.6 Å². The lowest BCUT2D eigenvalue weighted by Gasteiger charge is -2.13. The average Bonchev–Trinajstić information content (AvgIpc) is 2.72. The van der Waals surface area contributed by atoms with Crippen molar-refractivity contribution < 1.29 is 9.53 Å². The summed E-state index contributed by atoms with van der Waals surface area (Å²) in [5.41, 5.74) is 0.546. The van der Waals surface area contributed by atoms with E-state index in [9.17, 15) is 14.4 Å². The van der Waals surface area contributed by atoms with Gasteiger partial charge in [0.1, 0.15) is 6.54 Å². The molecule has 3 rings (SSSR count). The molecule has 1 aromatic carbocycles. The van der Waals surface area contributed by atoms with E-state index in [-0.39, 0.29) is 24.5 Å². The highest BCUT2D eigenvalue weighted by atomic mass is 16.5. The molecule has 0 saturated carbocycles. The number of pyridine rings is 1. The number of aryl methyl sites for hydroxylation is 1. The van der Waals surface area contributed by atoms with Crippen molar-refractivity contribution in [1.82, 2.24) is 19.4 Å². The average molecular weight is 382 g/mol. The fourth-order valence-corrected chi connectivity index (χ4v) is 2.97. The van der Waals surface area contributed by atoms with Gasteiger partial charge in [-0.05, 0) is 24.1 Å². The highest BCUT2D eigenvalue weighted by Crippen LogP contribution is 2.05. The molecule has 146 valence electrons. The van der Waals surface area contributed by atoms with Crippen LogP contribution in [-0.2, 0) is 29.0 Å². The lowest BCUT2D eigenvalue weighted by Crippen LogP contribution is -2.43. The van der Waals surface area contributed by atoms with Gasteiger partial charge in [0.05, 0.1) is 12.1 Å².